The van der Waals surface area contributed by atoms with Crippen LogP contribution >= 0.6 is 0 Å². The SMILES string of the molecule is CCCCCCCCCCCCC/C=C/[C@@H](O)[C@H](CO[C@@H]1OC(CO)[C@@H](O[C@@H]2OC(CO[C@@H]3OC(CO)[C@@H](O[C@@H]4OC(CO)[C@H](O)[C@H](O)C4O)[C@H](O)C3NC(C)=O)[C@H](O)[C@H](O[C@H]3OC(CO)[C@H](O)[C@H](O)C3O)C2O)[C@H](O)C1O)NC(=O)CCCCCCCCCCCCCCCCCCCCCCC. The van der Waals surface area contributed by atoms with Crippen molar-refractivity contribution in [3.05, 3.63) is 12.2 Å². The van der Waals surface area contributed by atoms with Crippen molar-refractivity contribution in [2.75, 3.05) is 39.6 Å². The first-order chi connectivity index (χ1) is 50.2. The Labute approximate surface area is 615 Å². The van der Waals surface area contributed by atoms with Crippen molar-refractivity contribution < 1.29 is 139 Å². The molecule has 5 aliphatic rings. The summed E-state index contributed by atoms with van der Waals surface area (Å²) in [7, 11) is 0. The van der Waals surface area contributed by atoms with Crippen LogP contribution in [0.3, 0.4) is 0 Å². The molecule has 5 fully saturated rings. The molecule has 5 saturated heterocycles. The first-order valence-corrected chi connectivity index (χ1v) is 39.5. The van der Waals surface area contributed by atoms with Gasteiger partial charge < -0.3 is 140 Å². The van der Waals surface area contributed by atoms with Crippen LogP contribution in [-0.4, -0.2) is 299 Å². The summed E-state index contributed by atoms with van der Waals surface area (Å²) < 4.78 is 58.8. The van der Waals surface area contributed by atoms with Crippen molar-refractivity contribution in [2.45, 2.75) is 405 Å². The maximum absolute atomic E-state index is 13.6. The van der Waals surface area contributed by atoms with Gasteiger partial charge in [-0.25, -0.2) is 0 Å². The summed E-state index contributed by atoms with van der Waals surface area (Å²) in [6, 6.07) is -2.71. The van der Waals surface area contributed by atoms with E-state index in [9.17, 15) is 91.3 Å². The lowest BCUT2D eigenvalue weighted by molar-refractivity contribution is -0.385. The summed E-state index contributed by atoms with van der Waals surface area (Å²) in [4.78, 5) is 26.2. The molecule has 5 aliphatic heterocycles. The number of hydrogen-bond donors (Lipinski definition) is 18. The Morgan fingerprint density at radius 1 is 0.385 bits per heavy atom. The normalized spacial score (nSPS) is 34.7. The molecule has 30 heteroatoms. The monoisotopic (exact) mass is 1500 g/mol. The molecule has 104 heavy (non-hydrogen) atoms. The van der Waals surface area contributed by atoms with E-state index in [0.717, 1.165) is 58.3 Å². The lowest BCUT2D eigenvalue weighted by Crippen LogP contribution is -2.68. The molecule has 0 aromatic rings. The highest BCUT2D eigenvalue weighted by Crippen LogP contribution is 2.36. The molecule has 0 radical (unpaired) electrons. The average Bonchev–Trinajstić information content (AvgIpc) is 0.782. The van der Waals surface area contributed by atoms with Crippen molar-refractivity contribution in [1.29, 1.82) is 0 Å². The molecular weight excluding hydrogens is 1360 g/mol. The number of rotatable bonds is 54. The number of aliphatic hydroxyl groups is 16. The Kier molecular flexibility index (Phi) is 46.1. The zero-order valence-corrected chi connectivity index (χ0v) is 62.1. The molecule has 27 atom stereocenters. The van der Waals surface area contributed by atoms with Gasteiger partial charge in [-0.2, -0.15) is 0 Å². The summed E-state index contributed by atoms with van der Waals surface area (Å²) in [5.74, 6) is -1.11. The van der Waals surface area contributed by atoms with Crippen molar-refractivity contribution in [3.8, 4) is 0 Å². The highest BCUT2D eigenvalue weighted by Gasteiger charge is 2.56. The minimum Gasteiger partial charge on any atom is -0.394 e. The quantitative estimate of drug-likeness (QED) is 0.0306. The summed E-state index contributed by atoms with van der Waals surface area (Å²) in [5, 5.41) is 181. The maximum Gasteiger partial charge on any atom is 0.220 e. The van der Waals surface area contributed by atoms with Crippen LogP contribution in [0.25, 0.3) is 0 Å². The van der Waals surface area contributed by atoms with E-state index in [4.69, 9.17) is 47.4 Å². The van der Waals surface area contributed by atoms with Crippen molar-refractivity contribution in [2.24, 2.45) is 0 Å². The van der Waals surface area contributed by atoms with Gasteiger partial charge in [0.1, 0.15) is 122 Å². The fourth-order valence-electron chi connectivity index (χ4n) is 14.2. The van der Waals surface area contributed by atoms with E-state index in [2.05, 4.69) is 24.5 Å². The van der Waals surface area contributed by atoms with Crippen LogP contribution in [0.1, 0.15) is 239 Å². The molecule has 0 aliphatic carbocycles. The van der Waals surface area contributed by atoms with Crippen molar-refractivity contribution in [1.82, 2.24) is 10.6 Å². The van der Waals surface area contributed by atoms with E-state index in [1.807, 2.05) is 6.08 Å². The lowest BCUT2D eigenvalue weighted by atomic mass is 9.95. The third-order valence-corrected chi connectivity index (χ3v) is 20.7. The predicted octanol–water partition coefficient (Wildman–Crippen LogP) is 1.95. The third-order valence-electron chi connectivity index (χ3n) is 20.7. The molecule has 5 heterocycles. The molecule has 0 spiro atoms. The molecular formula is C74H136N2O28. The average molecular weight is 1500 g/mol. The van der Waals surface area contributed by atoms with E-state index < -0.39 is 211 Å². The number of allylic oxidation sites excluding steroid dienone is 1. The zero-order valence-electron chi connectivity index (χ0n) is 62.1. The molecule has 0 aromatic carbocycles. The fourth-order valence-corrected chi connectivity index (χ4v) is 14.2. The van der Waals surface area contributed by atoms with Gasteiger partial charge >= 0.3 is 0 Å². The second kappa shape index (κ2) is 52.0. The number of ether oxygens (including phenoxy) is 10. The summed E-state index contributed by atoms with van der Waals surface area (Å²) in [6.07, 6.45) is -3.20. The standard InChI is InChI=1S/C74H136N2O28/c1-4-6-8-10-12-14-16-18-19-20-21-22-23-24-25-27-29-31-33-35-37-39-54(83)76-47(48(82)38-36-34-32-30-28-26-17-15-13-11-9-7-5-2)44-95-71-65(93)62(90)68(52(43-80)100-71)103-74-66(94)69(104-73-64(92)61(89)57(85)50(41-78)98-73)58(86)53(101-74)45-96-70-55(75-46(3)81)59(87)67(51(42-79)99-70)102-72-63(91)60(88)56(84)49(40-77)97-72/h36,38,47-53,55-74,77-80,82,84-94H,4-35,37,39-45H2,1-3H3,(H,75,81)(H,76,83)/b38-36+/t47-,48+,49?,50?,51?,52?,53?,55?,56-,57-,58-,59+,60-,61-,62+,63?,64?,65?,66?,67+,68+,69-,70+,71+,72-,73+,74-/m0/s1. The van der Waals surface area contributed by atoms with Gasteiger partial charge in [-0.15, -0.1) is 0 Å². The van der Waals surface area contributed by atoms with Crippen LogP contribution in [0.5, 0.6) is 0 Å². The minimum atomic E-state index is -2.20. The molecule has 18 N–H and O–H groups in total. The lowest BCUT2D eigenvalue weighted by Gasteiger charge is -2.49. The highest BCUT2D eigenvalue weighted by molar-refractivity contribution is 5.76. The number of hydrogen-bond acceptors (Lipinski definition) is 28. The molecule has 30 nitrogen and oxygen atoms in total. The van der Waals surface area contributed by atoms with Gasteiger partial charge in [0.15, 0.2) is 31.5 Å². The van der Waals surface area contributed by atoms with E-state index >= 15 is 0 Å². The molecule has 0 bridgehead atoms. The van der Waals surface area contributed by atoms with E-state index in [1.54, 1.807) is 6.08 Å². The van der Waals surface area contributed by atoms with Gasteiger partial charge in [-0.3, -0.25) is 9.59 Å². The molecule has 10 unspecified atom stereocenters. The van der Waals surface area contributed by atoms with Gasteiger partial charge in [-0.05, 0) is 19.3 Å². The molecule has 0 saturated carbocycles. The van der Waals surface area contributed by atoms with Crippen LogP contribution in [0.4, 0.5) is 0 Å². The van der Waals surface area contributed by atoms with E-state index in [0.29, 0.717) is 12.8 Å². The van der Waals surface area contributed by atoms with Gasteiger partial charge in [0, 0.05) is 13.3 Å². The third kappa shape index (κ3) is 30.7. The minimum absolute atomic E-state index is 0.178. The number of unbranched alkanes of at least 4 members (excludes halogenated alkanes) is 31. The topological polar surface area (TPSA) is 474 Å². The number of amides is 2. The first-order valence-electron chi connectivity index (χ1n) is 39.5. The second-order valence-electron chi connectivity index (χ2n) is 29.3. The van der Waals surface area contributed by atoms with Crippen LogP contribution in [0.2, 0.25) is 0 Å². The van der Waals surface area contributed by atoms with Crippen molar-refractivity contribution in [3.63, 3.8) is 0 Å². The number of aliphatic hydroxyl groups excluding tert-OH is 16. The number of nitrogens with one attached hydrogen (secondary N) is 2. The van der Waals surface area contributed by atoms with Gasteiger partial charge in [0.05, 0.1) is 51.8 Å². The van der Waals surface area contributed by atoms with Crippen molar-refractivity contribution >= 4 is 11.8 Å². The molecule has 0 aromatic heterocycles. The van der Waals surface area contributed by atoms with Crippen LogP contribution < -0.4 is 10.6 Å². The Hall–Kier alpha value is -2.36. The Balaban J connectivity index is 1.22. The van der Waals surface area contributed by atoms with Crippen LogP contribution in [0.15, 0.2) is 12.2 Å². The summed E-state index contributed by atoms with van der Waals surface area (Å²) in [6.45, 7) is 0.562. The van der Waals surface area contributed by atoms with E-state index in [1.165, 1.54) is 148 Å². The maximum atomic E-state index is 13.6. The first kappa shape index (κ1) is 92.2. The van der Waals surface area contributed by atoms with Gasteiger partial charge in [-0.1, -0.05) is 219 Å². The van der Waals surface area contributed by atoms with Gasteiger partial charge in [0.25, 0.3) is 0 Å². The smallest absolute Gasteiger partial charge is 0.220 e. The second-order valence-corrected chi connectivity index (χ2v) is 29.3. The Morgan fingerprint density at radius 3 is 1.18 bits per heavy atom. The zero-order chi connectivity index (χ0) is 75.9. The number of carbonyl (C=O) groups excluding carboxylic acids is 2. The predicted molar refractivity (Wildman–Crippen MR) is 377 cm³/mol. The number of carbonyl (C=O) groups is 2. The fraction of sp³-hybridized carbons (Fsp3) is 0.946. The highest BCUT2D eigenvalue weighted by atomic mass is 16.8. The molecule has 5 rings (SSSR count). The largest absolute Gasteiger partial charge is 0.394 e. The Bertz CT molecular complexity index is 2250. The molecule has 2 amide bonds. The van der Waals surface area contributed by atoms with Crippen LogP contribution in [-0.2, 0) is 57.0 Å². The molecule has 610 valence electrons. The summed E-state index contributed by atoms with van der Waals surface area (Å²) >= 11 is 0. The van der Waals surface area contributed by atoms with Gasteiger partial charge in [0.2, 0.25) is 11.8 Å². The Morgan fingerprint density at radius 2 is 0.750 bits per heavy atom. The van der Waals surface area contributed by atoms with Crippen LogP contribution in [0, 0.1) is 0 Å². The van der Waals surface area contributed by atoms with E-state index in [-0.39, 0.29) is 12.3 Å². The summed E-state index contributed by atoms with van der Waals surface area (Å²) in [5.41, 5.74) is 0.